The van der Waals surface area contributed by atoms with E-state index < -0.39 is 0 Å². The Hall–Kier alpha value is -1.97. The van der Waals surface area contributed by atoms with Gasteiger partial charge in [-0.05, 0) is 29.7 Å². The maximum Gasteiger partial charge on any atom is 0.238 e. The van der Waals surface area contributed by atoms with Gasteiger partial charge in [-0.1, -0.05) is 13.8 Å². The van der Waals surface area contributed by atoms with Crippen molar-refractivity contribution in [2.75, 3.05) is 4.90 Å². The van der Waals surface area contributed by atoms with Gasteiger partial charge in [0, 0.05) is 5.56 Å². The van der Waals surface area contributed by atoms with Crippen LogP contribution in [-0.2, 0) is 9.59 Å². The molecule has 2 atom stereocenters. The van der Waals surface area contributed by atoms with Crippen LogP contribution >= 0.6 is 0 Å². The first-order valence-electron chi connectivity index (χ1n) is 5.91. The van der Waals surface area contributed by atoms with E-state index in [0.717, 1.165) is 6.29 Å². The van der Waals surface area contributed by atoms with E-state index in [2.05, 4.69) is 0 Å². The van der Waals surface area contributed by atoms with Gasteiger partial charge in [-0.15, -0.1) is 0 Å². The van der Waals surface area contributed by atoms with Crippen molar-refractivity contribution in [3.05, 3.63) is 29.8 Å². The normalized spacial score (nSPS) is 28.2. The molecule has 1 saturated carbocycles. The fourth-order valence-corrected chi connectivity index (χ4v) is 2.90. The van der Waals surface area contributed by atoms with Gasteiger partial charge in [0.05, 0.1) is 17.5 Å². The second-order valence-corrected chi connectivity index (χ2v) is 5.50. The van der Waals surface area contributed by atoms with Crippen LogP contribution in [0.15, 0.2) is 24.3 Å². The Morgan fingerprint density at radius 2 is 1.56 bits per heavy atom. The van der Waals surface area contributed by atoms with Gasteiger partial charge < -0.3 is 0 Å². The summed E-state index contributed by atoms with van der Waals surface area (Å²) in [4.78, 5) is 36.1. The highest BCUT2D eigenvalue weighted by molar-refractivity contribution is 6.25. The molecule has 92 valence electrons. The van der Waals surface area contributed by atoms with Crippen molar-refractivity contribution in [3.63, 3.8) is 0 Å². The lowest BCUT2D eigenvalue weighted by Crippen LogP contribution is -2.36. The molecular formula is C14H13NO3. The first-order chi connectivity index (χ1) is 8.48. The Balaban J connectivity index is 1.93. The van der Waals surface area contributed by atoms with Crippen molar-refractivity contribution in [1.82, 2.24) is 0 Å². The maximum atomic E-state index is 12.2. The molecule has 0 radical (unpaired) electrons. The molecule has 1 aliphatic carbocycles. The average Bonchev–Trinajstić information content (AvgIpc) is 2.80. The number of aldehydes is 1. The molecule has 2 amide bonds. The molecule has 1 aromatic carbocycles. The predicted molar refractivity (Wildman–Crippen MR) is 65.1 cm³/mol. The number of carbonyl (C=O) groups excluding carboxylic acids is 3. The quantitative estimate of drug-likeness (QED) is 0.586. The number of anilines is 1. The zero-order valence-electron chi connectivity index (χ0n) is 10.2. The molecule has 1 saturated heterocycles. The van der Waals surface area contributed by atoms with Gasteiger partial charge >= 0.3 is 0 Å². The predicted octanol–water partition coefficient (Wildman–Crippen LogP) is 1.64. The number of fused-ring (bicyclic) bond motifs is 1. The van der Waals surface area contributed by atoms with Crippen LogP contribution < -0.4 is 4.90 Å². The lowest BCUT2D eigenvalue weighted by molar-refractivity contribution is -0.125. The Labute approximate surface area is 105 Å². The van der Waals surface area contributed by atoms with Crippen LogP contribution in [-0.4, -0.2) is 18.1 Å². The highest BCUT2D eigenvalue weighted by atomic mass is 16.2. The van der Waals surface area contributed by atoms with E-state index in [-0.39, 0.29) is 29.1 Å². The number of benzene rings is 1. The smallest absolute Gasteiger partial charge is 0.238 e. The van der Waals surface area contributed by atoms with E-state index in [1.165, 1.54) is 4.90 Å². The number of rotatable bonds is 2. The van der Waals surface area contributed by atoms with Crippen LogP contribution in [0, 0.1) is 17.3 Å². The van der Waals surface area contributed by atoms with Gasteiger partial charge in [0.1, 0.15) is 6.29 Å². The largest absolute Gasteiger partial charge is 0.298 e. The zero-order valence-corrected chi connectivity index (χ0v) is 10.2. The Bertz CT molecular complexity index is 535. The van der Waals surface area contributed by atoms with Crippen molar-refractivity contribution in [3.8, 4) is 0 Å². The third-order valence-electron chi connectivity index (χ3n) is 4.09. The summed E-state index contributed by atoms with van der Waals surface area (Å²) in [5.74, 6) is -0.575. The summed E-state index contributed by atoms with van der Waals surface area (Å²) in [5, 5.41) is 0. The maximum absolute atomic E-state index is 12.2. The molecule has 4 heteroatoms. The van der Waals surface area contributed by atoms with Crippen LogP contribution in [0.3, 0.4) is 0 Å². The second kappa shape index (κ2) is 3.28. The van der Waals surface area contributed by atoms with Crippen LogP contribution in [0.25, 0.3) is 0 Å². The molecule has 0 N–H and O–H groups in total. The van der Waals surface area contributed by atoms with E-state index in [0.29, 0.717) is 11.3 Å². The SMILES string of the molecule is CC1(C)C2C(=O)N(c3ccc(C=O)cc3)C(=O)C21. The number of hydrogen-bond acceptors (Lipinski definition) is 3. The molecule has 18 heavy (non-hydrogen) atoms. The van der Waals surface area contributed by atoms with Crippen molar-refractivity contribution in [1.29, 1.82) is 0 Å². The highest BCUT2D eigenvalue weighted by Crippen LogP contribution is 2.63. The van der Waals surface area contributed by atoms with Crippen molar-refractivity contribution >= 4 is 23.8 Å². The number of imide groups is 1. The molecule has 2 fully saturated rings. The number of nitrogens with zero attached hydrogens (tertiary/aromatic N) is 1. The van der Waals surface area contributed by atoms with Gasteiger partial charge in [0.15, 0.2) is 0 Å². The summed E-state index contributed by atoms with van der Waals surface area (Å²) < 4.78 is 0. The molecule has 0 spiro atoms. The van der Waals surface area contributed by atoms with Gasteiger partial charge in [-0.3, -0.25) is 19.3 Å². The van der Waals surface area contributed by atoms with Crippen LogP contribution in [0.2, 0.25) is 0 Å². The van der Waals surface area contributed by atoms with Crippen LogP contribution in [0.5, 0.6) is 0 Å². The van der Waals surface area contributed by atoms with Gasteiger partial charge in [0.25, 0.3) is 0 Å². The lowest BCUT2D eigenvalue weighted by atomic mass is 10.0. The fourth-order valence-electron chi connectivity index (χ4n) is 2.90. The summed E-state index contributed by atoms with van der Waals surface area (Å²) in [6, 6.07) is 6.49. The van der Waals surface area contributed by atoms with E-state index >= 15 is 0 Å². The van der Waals surface area contributed by atoms with E-state index in [4.69, 9.17) is 0 Å². The summed E-state index contributed by atoms with van der Waals surface area (Å²) in [7, 11) is 0. The molecule has 2 aliphatic rings. The number of carbonyl (C=O) groups is 3. The molecule has 1 aliphatic heterocycles. The summed E-state index contributed by atoms with van der Waals surface area (Å²) in [5.41, 5.74) is 0.898. The van der Waals surface area contributed by atoms with Gasteiger partial charge in [-0.2, -0.15) is 0 Å². The molecule has 0 aromatic heterocycles. The van der Waals surface area contributed by atoms with Crippen molar-refractivity contribution in [2.24, 2.45) is 17.3 Å². The second-order valence-electron chi connectivity index (χ2n) is 5.50. The topological polar surface area (TPSA) is 54.5 Å². The molecule has 0 bridgehead atoms. The Kier molecular flexibility index (Phi) is 2.03. The average molecular weight is 243 g/mol. The Morgan fingerprint density at radius 3 is 2.00 bits per heavy atom. The number of hydrogen-bond donors (Lipinski definition) is 0. The standard InChI is InChI=1S/C14H13NO3/c1-14(2)10-11(14)13(18)15(12(10)17)9-5-3-8(7-16)4-6-9/h3-7,10-11H,1-2H3. The van der Waals surface area contributed by atoms with Crippen LogP contribution in [0.1, 0.15) is 24.2 Å². The van der Waals surface area contributed by atoms with E-state index in [1.807, 2.05) is 13.8 Å². The first-order valence-corrected chi connectivity index (χ1v) is 5.91. The third kappa shape index (κ3) is 1.23. The Morgan fingerprint density at radius 1 is 1.06 bits per heavy atom. The lowest BCUT2D eigenvalue weighted by Gasteiger charge is -2.20. The zero-order chi connectivity index (χ0) is 13.1. The van der Waals surface area contributed by atoms with Gasteiger partial charge in [-0.25, -0.2) is 0 Å². The summed E-state index contributed by atoms with van der Waals surface area (Å²) >= 11 is 0. The van der Waals surface area contributed by atoms with E-state index in [1.54, 1.807) is 24.3 Å². The summed E-state index contributed by atoms with van der Waals surface area (Å²) in [6.07, 6.45) is 0.734. The molecule has 1 aromatic rings. The first kappa shape index (κ1) is 11.1. The minimum Gasteiger partial charge on any atom is -0.298 e. The van der Waals surface area contributed by atoms with Crippen LogP contribution in [0.4, 0.5) is 5.69 Å². The molecular weight excluding hydrogens is 230 g/mol. The molecule has 1 heterocycles. The monoisotopic (exact) mass is 243 g/mol. The van der Waals surface area contributed by atoms with E-state index in [9.17, 15) is 14.4 Å². The third-order valence-corrected chi connectivity index (χ3v) is 4.09. The molecule has 3 rings (SSSR count). The highest BCUT2D eigenvalue weighted by Gasteiger charge is 2.72. The van der Waals surface area contributed by atoms with Crippen molar-refractivity contribution < 1.29 is 14.4 Å². The summed E-state index contributed by atoms with van der Waals surface area (Å²) in [6.45, 7) is 3.90. The minimum absolute atomic E-state index is 0.117. The number of amides is 2. The minimum atomic E-state index is -0.187. The van der Waals surface area contributed by atoms with Crippen molar-refractivity contribution in [2.45, 2.75) is 13.8 Å². The fraction of sp³-hybridized carbons (Fsp3) is 0.357. The molecule has 4 nitrogen and oxygen atoms in total. The number of piperidine rings is 1. The molecule has 2 unspecified atom stereocenters. The van der Waals surface area contributed by atoms with Gasteiger partial charge in [0.2, 0.25) is 11.8 Å².